The number of allylic oxidation sites excluding steroid dienone is 15. The van der Waals surface area contributed by atoms with Crippen molar-refractivity contribution in [3.63, 3.8) is 0 Å². The molecule has 1 N–H and O–H groups in total. The first-order chi connectivity index (χ1) is 38.4. The summed E-state index contributed by atoms with van der Waals surface area (Å²) in [7, 11) is 1.15. The quantitative estimate of drug-likeness (QED) is 0.0212. The molecule has 0 aromatic rings. The molecular weight excluding hydrogens is 1000 g/mol. The molecule has 0 spiro atoms. The number of hydrogen-bond acceptors (Lipinski definition) is 7. The summed E-state index contributed by atoms with van der Waals surface area (Å²) in [6.07, 6.45) is 78.0. The predicted molar refractivity (Wildman–Crippen MR) is 339 cm³/mol. The topological polar surface area (TPSA) is 114 Å². The number of unbranched alkanes of at least 4 members (excludes halogenated alkanes) is 28. The summed E-state index contributed by atoms with van der Waals surface area (Å²) in [6.45, 7) is 6.77. The standard InChI is InChI=1S/C69H123N2O7P/c1-7-10-13-16-19-22-25-28-30-32-33-34-35-36-37-39-41-44-47-50-53-56-59-62-69(73)78-67(60-57-54-51-48-45-42-27-24-21-18-15-12-9-3)66(65-77-79(74,75)76-64-63-71(4,5)6)70-68(72)61-58-55-52-49-46-43-40-38-31-29-26-23-20-17-14-11-8-2/h19-20,22-23,28-31,33-34,36-37,40,43,57,60,66-67H,7-18,21,24-27,32,35,38-39,41-42,44-56,58-59,61-65H2,1-6H3,(H-,70,72,74,75)/b22-19-,23-20-,30-28-,31-29-,34-33-,37-36-,43-40-,60-57-. The van der Waals surface area contributed by atoms with Crippen LogP contribution in [0.4, 0.5) is 0 Å². The molecule has 0 saturated carbocycles. The summed E-state index contributed by atoms with van der Waals surface area (Å²) in [6, 6.07) is -0.911. The lowest BCUT2D eigenvalue weighted by Crippen LogP contribution is -2.47. The Morgan fingerprint density at radius 1 is 0.443 bits per heavy atom. The zero-order valence-corrected chi connectivity index (χ0v) is 52.9. The molecule has 0 aliphatic carbocycles. The van der Waals surface area contributed by atoms with Crippen LogP contribution in [-0.2, 0) is 27.9 Å². The molecule has 9 nitrogen and oxygen atoms in total. The fourth-order valence-corrected chi connectivity index (χ4v) is 9.65. The number of phosphoric ester groups is 1. The van der Waals surface area contributed by atoms with E-state index >= 15 is 0 Å². The molecule has 79 heavy (non-hydrogen) atoms. The van der Waals surface area contributed by atoms with Crippen LogP contribution in [0.1, 0.15) is 278 Å². The Hall–Kier alpha value is -3.07. The van der Waals surface area contributed by atoms with Gasteiger partial charge >= 0.3 is 5.97 Å². The van der Waals surface area contributed by atoms with E-state index in [2.05, 4.69) is 111 Å². The van der Waals surface area contributed by atoms with Crippen LogP contribution in [0, 0.1) is 0 Å². The van der Waals surface area contributed by atoms with Crippen molar-refractivity contribution >= 4 is 19.7 Å². The Kier molecular flexibility index (Phi) is 55.9. The first-order valence-electron chi connectivity index (χ1n) is 32.5. The van der Waals surface area contributed by atoms with Crippen molar-refractivity contribution < 1.29 is 37.3 Å². The zero-order valence-electron chi connectivity index (χ0n) is 52.1. The molecule has 0 aromatic carbocycles. The average Bonchev–Trinajstić information content (AvgIpc) is 3.41. The molecule has 0 rings (SSSR count). The maximum Gasteiger partial charge on any atom is 0.306 e. The number of amides is 1. The van der Waals surface area contributed by atoms with E-state index in [0.29, 0.717) is 23.9 Å². The lowest BCUT2D eigenvalue weighted by Gasteiger charge is -2.30. The number of nitrogens with one attached hydrogen (secondary N) is 1. The molecule has 456 valence electrons. The largest absolute Gasteiger partial charge is 0.756 e. The molecule has 3 atom stereocenters. The Balaban J connectivity index is 5.29. The van der Waals surface area contributed by atoms with Gasteiger partial charge in [-0.3, -0.25) is 14.2 Å². The highest BCUT2D eigenvalue weighted by molar-refractivity contribution is 7.45. The summed E-state index contributed by atoms with van der Waals surface area (Å²) in [5, 5.41) is 3.02. The Morgan fingerprint density at radius 3 is 1.18 bits per heavy atom. The van der Waals surface area contributed by atoms with E-state index in [4.69, 9.17) is 13.8 Å². The normalized spacial score (nSPS) is 14.3. The number of carbonyl (C=O) groups is 2. The number of rotatable bonds is 58. The summed E-state index contributed by atoms with van der Waals surface area (Å²) in [4.78, 5) is 40.1. The third-order valence-corrected chi connectivity index (χ3v) is 15.0. The number of quaternary nitrogens is 1. The van der Waals surface area contributed by atoms with Crippen LogP contribution in [0.25, 0.3) is 0 Å². The van der Waals surface area contributed by atoms with Gasteiger partial charge in [0.15, 0.2) is 0 Å². The molecule has 1 amide bonds. The van der Waals surface area contributed by atoms with Crippen LogP contribution in [0.15, 0.2) is 97.2 Å². The number of likely N-dealkylation sites (N-methyl/N-ethyl adjacent to an activating group) is 1. The number of phosphoric acid groups is 1. The van der Waals surface area contributed by atoms with Gasteiger partial charge in [0, 0.05) is 12.8 Å². The van der Waals surface area contributed by atoms with E-state index in [0.717, 1.165) is 103 Å². The monoisotopic (exact) mass is 1120 g/mol. The van der Waals surface area contributed by atoms with Crippen LogP contribution >= 0.6 is 7.82 Å². The first-order valence-corrected chi connectivity index (χ1v) is 34.0. The highest BCUT2D eigenvalue weighted by Gasteiger charge is 2.27. The fraction of sp³-hybridized carbons (Fsp3) is 0.739. The van der Waals surface area contributed by atoms with Gasteiger partial charge in [0.2, 0.25) is 5.91 Å². The Bertz CT molecular complexity index is 1670. The Morgan fingerprint density at radius 2 is 0.772 bits per heavy atom. The SMILES string of the molecule is CCCCC/C=C\C/C=C\C/C=C\C/C=C\CCCCCCCCCC(=O)OC(/C=C\CCCCCCCCCCCCC)C(COP(=O)([O-])OCC[N+](C)(C)C)NC(=O)CCCCCC/C=C\C/C=C\C/C=C\CCCCC. The van der Waals surface area contributed by atoms with Crippen LogP contribution in [0.2, 0.25) is 0 Å². The molecule has 0 aliphatic heterocycles. The van der Waals surface area contributed by atoms with Crippen molar-refractivity contribution in [3.05, 3.63) is 97.2 Å². The third-order valence-electron chi connectivity index (χ3n) is 14.0. The van der Waals surface area contributed by atoms with Gasteiger partial charge in [0.05, 0.1) is 33.8 Å². The van der Waals surface area contributed by atoms with Gasteiger partial charge in [-0.2, -0.15) is 0 Å². The summed E-state index contributed by atoms with van der Waals surface area (Å²) >= 11 is 0. The van der Waals surface area contributed by atoms with Gasteiger partial charge in [-0.25, -0.2) is 0 Å². The molecule has 0 heterocycles. The molecule has 0 aromatic heterocycles. The number of hydrogen-bond donors (Lipinski definition) is 1. The molecule has 0 aliphatic rings. The van der Waals surface area contributed by atoms with Crippen molar-refractivity contribution in [1.29, 1.82) is 0 Å². The maximum absolute atomic E-state index is 13.5. The van der Waals surface area contributed by atoms with Gasteiger partial charge in [-0.05, 0) is 115 Å². The third kappa shape index (κ3) is 59.4. The van der Waals surface area contributed by atoms with Crippen LogP contribution in [0.5, 0.6) is 0 Å². The van der Waals surface area contributed by atoms with Crippen LogP contribution < -0.4 is 10.2 Å². The summed E-state index contributed by atoms with van der Waals surface area (Å²) in [5.74, 6) is -0.579. The minimum absolute atomic E-state index is 0.0331. The van der Waals surface area contributed by atoms with Crippen LogP contribution in [-0.4, -0.2) is 69.4 Å². The summed E-state index contributed by atoms with van der Waals surface area (Å²) in [5.41, 5.74) is 0. The van der Waals surface area contributed by atoms with Crippen molar-refractivity contribution in [2.45, 2.75) is 290 Å². The number of esters is 1. The van der Waals surface area contributed by atoms with E-state index in [1.54, 1.807) is 0 Å². The average molecular weight is 1120 g/mol. The minimum atomic E-state index is -4.72. The van der Waals surface area contributed by atoms with Crippen molar-refractivity contribution in [3.8, 4) is 0 Å². The molecule has 10 heteroatoms. The molecule has 0 radical (unpaired) electrons. The Labute approximate surface area is 488 Å². The minimum Gasteiger partial charge on any atom is -0.756 e. The molecule has 0 saturated heterocycles. The molecule has 0 bridgehead atoms. The van der Waals surface area contributed by atoms with Gasteiger partial charge in [-0.1, -0.05) is 247 Å². The highest BCUT2D eigenvalue weighted by atomic mass is 31.2. The fourth-order valence-electron chi connectivity index (χ4n) is 8.92. The van der Waals surface area contributed by atoms with Gasteiger partial charge < -0.3 is 28.5 Å². The van der Waals surface area contributed by atoms with Crippen molar-refractivity contribution in [2.75, 3.05) is 40.9 Å². The molecule has 0 fully saturated rings. The van der Waals surface area contributed by atoms with Crippen LogP contribution in [0.3, 0.4) is 0 Å². The van der Waals surface area contributed by atoms with E-state index in [-0.39, 0.29) is 31.3 Å². The van der Waals surface area contributed by atoms with Crippen molar-refractivity contribution in [1.82, 2.24) is 5.32 Å². The smallest absolute Gasteiger partial charge is 0.306 e. The number of nitrogens with zero attached hydrogens (tertiary/aromatic N) is 1. The van der Waals surface area contributed by atoms with Gasteiger partial charge in [-0.15, -0.1) is 0 Å². The number of ether oxygens (including phenoxy) is 1. The highest BCUT2D eigenvalue weighted by Crippen LogP contribution is 2.38. The molecular formula is C69H123N2O7P. The predicted octanol–water partition coefficient (Wildman–Crippen LogP) is 19.7. The van der Waals surface area contributed by atoms with E-state index in [1.165, 1.54) is 128 Å². The zero-order chi connectivity index (χ0) is 57.9. The van der Waals surface area contributed by atoms with E-state index in [1.807, 2.05) is 33.3 Å². The molecule has 3 unspecified atom stereocenters. The number of carbonyl (C=O) groups excluding carboxylic acids is 2. The second kappa shape index (κ2) is 58.1. The second-order valence-corrected chi connectivity index (χ2v) is 24.3. The second-order valence-electron chi connectivity index (χ2n) is 22.9. The maximum atomic E-state index is 13.5. The van der Waals surface area contributed by atoms with E-state index in [9.17, 15) is 19.0 Å². The summed E-state index contributed by atoms with van der Waals surface area (Å²) < 4.78 is 30.3. The van der Waals surface area contributed by atoms with Gasteiger partial charge in [0.1, 0.15) is 19.3 Å². The lowest BCUT2D eigenvalue weighted by atomic mass is 10.0. The van der Waals surface area contributed by atoms with Gasteiger partial charge in [0.25, 0.3) is 7.82 Å². The van der Waals surface area contributed by atoms with Crippen molar-refractivity contribution in [2.24, 2.45) is 0 Å². The first kappa shape index (κ1) is 75.9. The lowest BCUT2D eigenvalue weighted by molar-refractivity contribution is -0.870. The van der Waals surface area contributed by atoms with E-state index < -0.39 is 26.6 Å².